The summed E-state index contributed by atoms with van der Waals surface area (Å²) >= 11 is 0. The quantitative estimate of drug-likeness (QED) is 0.585. The molecule has 7 nitrogen and oxygen atoms in total. The van der Waals surface area contributed by atoms with Gasteiger partial charge in [0, 0.05) is 0 Å². The zero-order valence-corrected chi connectivity index (χ0v) is 14.5. The van der Waals surface area contributed by atoms with E-state index in [1.165, 1.54) is 0 Å². The van der Waals surface area contributed by atoms with Crippen LogP contribution in [-0.4, -0.2) is 16.1 Å². The van der Waals surface area contributed by atoms with Crippen LogP contribution in [0.1, 0.15) is 10.4 Å². The molecule has 134 valence electrons. The van der Waals surface area contributed by atoms with E-state index in [9.17, 15) is 4.79 Å². The van der Waals surface area contributed by atoms with Gasteiger partial charge in [-0.2, -0.15) is 5.11 Å². The monoisotopic (exact) mass is 371 g/mol. The number of nitrogen functional groups attached to an aromatic ring is 2. The van der Waals surface area contributed by atoms with Gasteiger partial charge in [-0.1, -0.05) is 36.4 Å². The summed E-state index contributed by atoms with van der Waals surface area (Å²) in [7, 11) is 0. The van der Waals surface area contributed by atoms with Gasteiger partial charge in [0.1, 0.15) is 11.5 Å². The summed E-state index contributed by atoms with van der Waals surface area (Å²) in [5.74, 6) is -0.230. The molecule has 0 aliphatic rings. The van der Waals surface area contributed by atoms with E-state index in [-0.39, 0.29) is 18.2 Å². The summed E-state index contributed by atoms with van der Waals surface area (Å²) in [6.07, 6.45) is 0. The highest BCUT2D eigenvalue weighted by atomic mass is 35.5. The van der Waals surface area contributed by atoms with Gasteiger partial charge in [-0.3, -0.25) is 0 Å². The van der Waals surface area contributed by atoms with Crippen molar-refractivity contribution >= 4 is 41.4 Å². The third-order valence-corrected chi connectivity index (χ3v) is 2.97. The minimum absolute atomic E-state index is 0. The summed E-state index contributed by atoms with van der Waals surface area (Å²) in [5.41, 5.74) is 12.7. The normalized spacial score (nSPS) is 9.69. The van der Waals surface area contributed by atoms with E-state index in [4.69, 9.17) is 16.6 Å². The minimum Gasteiger partial charge on any atom is -0.478 e. The van der Waals surface area contributed by atoms with E-state index >= 15 is 0 Å². The van der Waals surface area contributed by atoms with E-state index in [1.54, 1.807) is 42.5 Å². The Morgan fingerprint density at radius 1 is 0.846 bits per heavy atom. The summed E-state index contributed by atoms with van der Waals surface area (Å²) in [6, 6.07) is 21.0. The van der Waals surface area contributed by atoms with Crippen molar-refractivity contribution < 1.29 is 9.90 Å². The number of nitrogens with zero attached hydrogens (tertiary/aromatic N) is 3. The van der Waals surface area contributed by atoms with E-state index in [1.807, 2.05) is 30.3 Å². The van der Waals surface area contributed by atoms with E-state index in [2.05, 4.69) is 15.2 Å². The molecule has 1 heterocycles. The SMILES string of the molecule is Cl.Nc1ccc(/N=N/c2ccccc2)c(N)n1.O=C(O)c1ccccc1. The molecular formula is C18H18ClN5O2. The maximum absolute atomic E-state index is 10.2. The molecule has 0 unspecified atom stereocenters. The molecule has 0 fully saturated rings. The molecule has 8 heteroatoms. The largest absolute Gasteiger partial charge is 0.478 e. The fraction of sp³-hybridized carbons (Fsp3) is 0. The second-order valence-electron chi connectivity index (χ2n) is 4.85. The predicted octanol–water partition coefficient (Wildman–Crippen LogP) is 4.47. The number of azo groups is 1. The molecule has 26 heavy (non-hydrogen) atoms. The van der Waals surface area contributed by atoms with Gasteiger partial charge < -0.3 is 16.6 Å². The molecule has 2 aromatic carbocycles. The van der Waals surface area contributed by atoms with Gasteiger partial charge in [0.05, 0.1) is 11.3 Å². The van der Waals surface area contributed by atoms with Crippen molar-refractivity contribution in [2.24, 2.45) is 10.2 Å². The van der Waals surface area contributed by atoms with Crippen LogP contribution >= 0.6 is 12.4 Å². The Hall–Kier alpha value is -3.45. The first-order valence-corrected chi connectivity index (χ1v) is 7.33. The Bertz CT molecular complexity index is 858. The lowest BCUT2D eigenvalue weighted by Gasteiger charge is -1.98. The van der Waals surface area contributed by atoms with Gasteiger partial charge in [-0.25, -0.2) is 9.78 Å². The van der Waals surface area contributed by atoms with Crippen molar-refractivity contribution in [2.75, 3.05) is 11.5 Å². The van der Waals surface area contributed by atoms with Crippen molar-refractivity contribution in [2.45, 2.75) is 0 Å². The molecule has 0 aliphatic carbocycles. The average Bonchev–Trinajstić information content (AvgIpc) is 2.63. The fourth-order valence-corrected chi connectivity index (χ4v) is 1.75. The van der Waals surface area contributed by atoms with Crippen LogP contribution in [-0.2, 0) is 0 Å². The van der Waals surface area contributed by atoms with Crippen molar-refractivity contribution in [1.82, 2.24) is 4.98 Å². The van der Waals surface area contributed by atoms with Crippen LogP contribution < -0.4 is 11.5 Å². The molecule has 3 rings (SSSR count). The van der Waals surface area contributed by atoms with E-state index in [0.717, 1.165) is 5.69 Å². The second-order valence-corrected chi connectivity index (χ2v) is 4.85. The number of halogens is 1. The summed E-state index contributed by atoms with van der Waals surface area (Å²) in [5, 5.41) is 16.4. The third kappa shape index (κ3) is 6.58. The number of carboxylic acid groups (broad SMARTS) is 1. The number of rotatable bonds is 3. The number of aromatic nitrogens is 1. The first-order chi connectivity index (χ1) is 12.1. The molecule has 0 saturated carbocycles. The van der Waals surface area contributed by atoms with Crippen LogP contribution in [0.15, 0.2) is 83.0 Å². The Kier molecular flexibility index (Phi) is 8.26. The molecule has 5 N–H and O–H groups in total. The second kappa shape index (κ2) is 10.4. The molecular weight excluding hydrogens is 354 g/mol. The number of carboxylic acids is 1. The molecule has 0 amide bonds. The number of carbonyl (C=O) groups is 1. The van der Waals surface area contributed by atoms with Crippen molar-refractivity contribution in [3.05, 3.63) is 78.4 Å². The van der Waals surface area contributed by atoms with E-state index in [0.29, 0.717) is 17.1 Å². The predicted molar refractivity (Wildman–Crippen MR) is 104 cm³/mol. The van der Waals surface area contributed by atoms with Crippen molar-refractivity contribution in [3.8, 4) is 0 Å². The van der Waals surface area contributed by atoms with Gasteiger partial charge in [-0.05, 0) is 36.4 Å². The first-order valence-electron chi connectivity index (χ1n) is 7.33. The fourth-order valence-electron chi connectivity index (χ4n) is 1.75. The number of hydrogen-bond acceptors (Lipinski definition) is 6. The standard InChI is InChI=1S/C11H11N5.C7H6O2.ClH/c12-10-7-6-9(11(13)14-10)16-15-8-4-2-1-3-5-8;8-7(9)6-4-2-1-3-5-6;/h1-7H,(H4,12,13,14);1-5H,(H,8,9);1H/b16-15+;;. The Morgan fingerprint density at radius 2 is 1.42 bits per heavy atom. The van der Waals surface area contributed by atoms with Crippen LogP contribution in [0.3, 0.4) is 0 Å². The maximum atomic E-state index is 10.2. The smallest absolute Gasteiger partial charge is 0.335 e. The highest BCUT2D eigenvalue weighted by Crippen LogP contribution is 2.23. The lowest BCUT2D eigenvalue weighted by Crippen LogP contribution is -1.95. The van der Waals surface area contributed by atoms with Crippen LogP contribution in [0.25, 0.3) is 0 Å². The van der Waals surface area contributed by atoms with Crippen LogP contribution in [0.2, 0.25) is 0 Å². The highest BCUT2D eigenvalue weighted by molar-refractivity contribution is 5.87. The van der Waals surface area contributed by atoms with Gasteiger partial charge in [0.2, 0.25) is 0 Å². The third-order valence-electron chi connectivity index (χ3n) is 2.97. The number of hydrogen-bond donors (Lipinski definition) is 3. The van der Waals surface area contributed by atoms with Crippen molar-refractivity contribution in [3.63, 3.8) is 0 Å². The topological polar surface area (TPSA) is 127 Å². The van der Waals surface area contributed by atoms with Gasteiger partial charge in [0.15, 0.2) is 5.82 Å². The Labute approximate surface area is 156 Å². The summed E-state index contributed by atoms with van der Waals surface area (Å²) in [4.78, 5) is 14.1. The molecule has 0 aliphatic heterocycles. The molecule has 1 aromatic heterocycles. The van der Waals surface area contributed by atoms with Gasteiger partial charge in [0.25, 0.3) is 0 Å². The Balaban J connectivity index is 0.000000290. The van der Waals surface area contributed by atoms with Gasteiger partial charge in [-0.15, -0.1) is 17.5 Å². The van der Waals surface area contributed by atoms with Crippen LogP contribution in [0.5, 0.6) is 0 Å². The maximum Gasteiger partial charge on any atom is 0.335 e. The number of benzene rings is 2. The first kappa shape index (κ1) is 20.6. The number of anilines is 2. The summed E-state index contributed by atoms with van der Waals surface area (Å²) in [6.45, 7) is 0. The average molecular weight is 372 g/mol. The number of pyridine rings is 1. The molecule has 0 saturated heterocycles. The Morgan fingerprint density at radius 3 is 1.92 bits per heavy atom. The van der Waals surface area contributed by atoms with Crippen LogP contribution in [0.4, 0.5) is 23.0 Å². The zero-order valence-electron chi connectivity index (χ0n) is 13.7. The number of aromatic carboxylic acids is 1. The van der Waals surface area contributed by atoms with Crippen molar-refractivity contribution in [1.29, 1.82) is 0 Å². The molecule has 0 atom stereocenters. The minimum atomic E-state index is -0.879. The molecule has 0 bridgehead atoms. The summed E-state index contributed by atoms with van der Waals surface area (Å²) < 4.78 is 0. The highest BCUT2D eigenvalue weighted by Gasteiger charge is 1.99. The molecule has 3 aromatic rings. The van der Waals surface area contributed by atoms with E-state index < -0.39 is 5.97 Å². The van der Waals surface area contributed by atoms with Gasteiger partial charge >= 0.3 is 5.97 Å². The lowest BCUT2D eigenvalue weighted by molar-refractivity contribution is 0.0697. The lowest BCUT2D eigenvalue weighted by atomic mass is 10.2. The van der Waals surface area contributed by atoms with Crippen LogP contribution in [0, 0.1) is 0 Å². The zero-order chi connectivity index (χ0) is 18.1. The molecule has 0 spiro atoms. The molecule has 0 radical (unpaired) electrons. The number of nitrogens with two attached hydrogens (primary N) is 2.